The Hall–Kier alpha value is -4.44. The van der Waals surface area contributed by atoms with Crippen molar-refractivity contribution in [3.63, 3.8) is 0 Å². The number of amides is 2. The molecule has 10 heteroatoms. The molecule has 4 rings (SSSR count). The van der Waals surface area contributed by atoms with E-state index in [2.05, 4.69) is 10.6 Å². The van der Waals surface area contributed by atoms with Crippen molar-refractivity contribution in [2.24, 2.45) is 0 Å². The summed E-state index contributed by atoms with van der Waals surface area (Å²) in [7, 11) is 7.09. The van der Waals surface area contributed by atoms with Crippen molar-refractivity contribution in [1.82, 2.24) is 9.80 Å². The maximum atomic E-state index is 13.0. The number of ether oxygens (including phenoxy) is 1. The van der Waals surface area contributed by atoms with Crippen LogP contribution in [-0.4, -0.2) is 67.9 Å². The molecular weight excluding hydrogens is 474 g/mol. The number of methoxy groups -OCH3 is 1. The highest BCUT2D eigenvalue weighted by atomic mass is 16.6. The molecule has 0 atom stereocenters. The third-order valence-corrected chi connectivity index (χ3v) is 6.24. The molecule has 0 aromatic heterocycles. The number of rotatable bonds is 8. The molecule has 1 aliphatic heterocycles. The number of carbonyl (C=O) groups is 2. The Labute approximate surface area is 215 Å². The molecule has 0 aliphatic carbocycles. The Morgan fingerprint density at radius 2 is 1.65 bits per heavy atom. The molecule has 37 heavy (non-hydrogen) atoms. The van der Waals surface area contributed by atoms with E-state index >= 15 is 0 Å². The monoisotopic (exact) mass is 503 g/mol. The molecule has 0 spiro atoms. The van der Waals surface area contributed by atoms with E-state index in [1.807, 2.05) is 43.3 Å². The average molecular weight is 504 g/mol. The molecule has 0 fully saturated rings. The van der Waals surface area contributed by atoms with Gasteiger partial charge in [0, 0.05) is 26.2 Å². The number of hydrogen-bond acceptors (Lipinski definition) is 7. The van der Waals surface area contributed by atoms with E-state index in [0.29, 0.717) is 34.7 Å². The van der Waals surface area contributed by atoms with E-state index in [1.165, 1.54) is 13.2 Å². The number of nitro groups is 1. The zero-order chi connectivity index (χ0) is 26.7. The van der Waals surface area contributed by atoms with Gasteiger partial charge in [0.2, 0.25) is 5.91 Å². The topological polar surface area (TPSA) is 117 Å². The van der Waals surface area contributed by atoms with Crippen LogP contribution in [0.4, 0.5) is 22.7 Å². The van der Waals surface area contributed by atoms with Gasteiger partial charge in [-0.15, -0.1) is 0 Å². The zero-order valence-electron chi connectivity index (χ0n) is 21.2. The molecule has 10 nitrogen and oxygen atoms in total. The van der Waals surface area contributed by atoms with Crippen LogP contribution in [0.1, 0.15) is 15.9 Å². The summed E-state index contributed by atoms with van der Waals surface area (Å²) < 4.78 is 5.19. The molecule has 0 saturated carbocycles. The van der Waals surface area contributed by atoms with Crippen LogP contribution in [0.3, 0.4) is 0 Å². The fourth-order valence-electron chi connectivity index (χ4n) is 4.07. The van der Waals surface area contributed by atoms with E-state index in [-0.39, 0.29) is 29.7 Å². The lowest BCUT2D eigenvalue weighted by molar-refractivity contribution is -0.385. The third kappa shape index (κ3) is 5.70. The highest BCUT2D eigenvalue weighted by molar-refractivity contribution is 6.12. The summed E-state index contributed by atoms with van der Waals surface area (Å²) in [5, 5.41) is 17.5. The van der Waals surface area contributed by atoms with Crippen molar-refractivity contribution in [3.8, 4) is 16.9 Å². The number of nitro benzene ring substituents is 1. The Morgan fingerprint density at radius 1 is 0.919 bits per heavy atom. The van der Waals surface area contributed by atoms with Crippen molar-refractivity contribution < 1.29 is 19.2 Å². The summed E-state index contributed by atoms with van der Waals surface area (Å²) in [4.78, 5) is 40.1. The van der Waals surface area contributed by atoms with Crippen molar-refractivity contribution in [3.05, 3.63) is 75.8 Å². The molecule has 3 aromatic rings. The number of fused-ring (bicyclic) bond motifs is 2. The van der Waals surface area contributed by atoms with Gasteiger partial charge in [0.15, 0.2) is 5.75 Å². The fourth-order valence-corrected chi connectivity index (χ4v) is 4.07. The van der Waals surface area contributed by atoms with E-state index in [9.17, 15) is 19.7 Å². The standard InChI is InChI=1S/C27H29N5O5/c1-30(2)11-12-31(3)26(33)14-17-5-9-21-23(13-17)29-27(34)20-8-6-18(15-22(20)28-21)19-7-10-24(32(35)36)25(16-19)37-4/h5-10,13,15-16,28H,11-12,14H2,1-4H3,(H,29,34). The van der Waals surface area contributed by atoms with Gasteiger partial charge < -0.3 is 25.2 Å². The molecule has 2 amide bonds. The van der Waals surface area contributed by atoms with Crippen LogP contribution in [0.25, 0.3) is 11.1 Å². The first kappa shape index (κ1) is 25.6. The number of carbonyl (C=O) groups excluding carboxylic acids is 2. The highest BCUT2D eigenvalue weighted by Gasteiger charge is 2.22. The molecule has 2 N–H and O–H groups in total. The van der Waals surface area contributed by atoms with Crippen molar-refractivity contribution in [2.75, 3.05) is 52.0 Å². The molecule has 1 aliphatic rings. The number of anilines is 3. The summed E-state index contributed by atoms with van der Waals surface area (Å²) in [5.41, 5.74) is 4.48. The average Bonchev–Trinajstić information content (AvgIpc) is 3.01. The van der Waals surface area contributed by atoms with Crippen LogP contribution in [0.5, 0.6) is 5.75 Å². The van der Waals surface area contributed by atoms with Gasteiger partial charge >= 0.3 is 5.69 Å². The second-order valence-electron chi connectivity index (χ2n) is 9.16. The zero-order valence-corrected chi connectivity index (χ0v) is 21.2. The van der Waals surface area contributed by atoms with Crippen molar-refractivity contribution in [2.45, 2.75) is 6.42 Å². The summed E-state index contributed by atoms with van der Waals surface area (Å²) in [6.07, 6.45) is 0.228. The lowest BCUT2D eigenvalue weighted by atomic mass is 10.0. The van der Waals surface area contributed by atoms with Crippen LogP contribution in [0.15, 0.2) is 54.6 Å². The van der Waals surface area contributed by atoms with Gasteiger partial charge in [-0.1, -0.05) is 12.1 Å². The van der Waals surface area contributed by atoms with Crippen LogP contribution in [0, 0.1) is 10.1 Å². The molecule has 192 valence electrons. The van der Waals surface area contributed by atoms with E-state index in [4.69, 9.17) is 4.74 Å². The van der Waals surface area contributed by atoms with Gasteiger partial charge in [0.25, 0.3) is 5.91 Å². The summed E-state index contributed by atoms with van der Waals surface area (Å²) >= 11 is 0. The Morgan fingerprint density at radius 3 is 2.35 bits per heavy atom. The smallest absolute Gasteiger partial charge is 0.310 e. The van der Waals surface area contributed by atoms with Crippen LogP contribution in [0.2, 0.25) is 0 Å². The number of likely N-dealkylation sites (N-methyl/N-ethyl adjacent to an activating group) is 2. The molecule has 0 bridgehead atoms. The van der Waals surface area contributed by atoms with Crippen molar-refractivity contribution in [1.29, 1.82) is 0 Å². The second kappa shape index (κ2) is 10.7. The summed E-state index contributed by atoms with van der Waals surface area (Å²) in [6, 6.07) is 15.5. The Balaban J connectivity index is 1.58. The van der Waals surface area contributed by atoms with Gasteiger partial charge in [-0.05, 0) is 67.2 Å². The van der Waals surface area contributed by atoms with E-state index < -0.39 is 4.92 Å². The maximum absolute atomic E-state index is 13.0. The van der Waals surface area contributed by atoms with Crippen LogP contribution in [-0.2, 0) is 11.2 Å². The van der Waals surface area contributed by atoms with Gasteiger partial charge in [0.05, 0.1) is 41.1 Å². The third-order valence-electron chi connectivity index (χ3n) is 6.24. The van der Waals surface area contributed by atoms with Crippen LogP contribution < -0.4 is 15.4 Å². The van der Waals surface area contributed by atoms with Crippen molar-refractivity contribution >= 4 is 34.6 Å². The van der Waals surface area contributed by atoms with E-state index in [0.717, 1.165) is 17.7 Å². The number of hydrogen-bond donors (Lipinski definition) is 2. The Kier molecular flexibility index (Phi) is 7.40. The van der Waals surface area contributed by atoms with Gasteiger partial charge in [0.1, 0.15) is 0 Å². The quantitative estimate of drug-likeness (QED) is 0.350. The molecular formula is C27H29N5O5. The molecule has 3 aromatic carbocycles. The number of nitrogens with zero attached hydrogens (tertiary/aromatic N) is 3. The number of benzene rings is 3. The molecule has 1 heterocycles. The minimum absolute atomic E-state index is 0.00108. The minimum Gasteiger partial charge on any atom is -0.490 e. The molecule has 0 radical (unpaired) electrons. The number of nitrogens with one attached hydrogen (secondary N) is 2. The normalized spacial score (nSPS) is 12.1. The maximum Gasteiger partial charge on any atom is 0.310 e. The van der Waals surface area contributed by atoms with Gasteiger partial charge in [-0.25, -0.2) is 0 Å². The predicted molar refractivity (Wildman–Crippen MR) is 143 cm³/mol. The fraction of sp³-hybridized carbons (Fsp3) is 0.259. The molecule has 0 unspecified atom stereocenters. The first-order valence-corrected chi connectivity index (χ1v) is 11.7. The summed E-state index contributed by atoms with van der Waals surface area (Å²) in [5.74, 6) is -0.121. The highest BCUT2D eigenvalue weighted by Crippen LogP contribution is 2.37. The lowest BCUT2D eigenvalue weighted by Gasteiger charge is -2.20. The van der Waals surface area contributed by atoms with E-state index in [1.54, 1.807) is 36.2 Å². The molecule has 0 saturated heterocycles. The first-order chi connectivity index (χ1) is 17.7. The van der Waals surface area contributed by atoms with Gasteiger partial charge in [-0.3, -0.25) is 19.7 Å². The Bertz CT molecular complexity index is 1370. The first-order valence-electron chi connectivity index (χ1n) is 11.7. The second-order valence-corrected chi connectivity index (χ2v) is 9.16. The van der Waals surface area contributed by atoms with Gasteiger partial charge in [-0.2, -0.15) is 0 Å². The van der Waals surface area contributed by atoms with Crippen LogP contribution >= 0.6 is 0 Å². The SMILES string of the molecule is COc1cc(-c2ccc3c(c2)Nc2ccc(CC(=O)N(C)CCN(C)C)cc2NC3=O)ccc1[N+](=O)[O-]. The lowest BCUT2D eigenvalue weighted by Crippen LogP contribution is -2.34. The minimum atomic E-state index is -0.494. The predicted octanol–water partition coefficient (Wildman–Crippen LogP) is 4.14. The largest absolute Gasteiger partial charge is 0.490 e. The summed E-state index contributed by atoms with van der Waals surface area (Å²) in [6.45, 7) is 1.41.